The Morgan fingerprint density at radius 2 is 1.73 bits per heavy atom. The quantitative estimate of drug-likeness (QED) is 0.427. The lowest BCUT2D eigenvalue weighted by Gasteiger charge is -2.34. The molecule has 0 radical (unpaired) electrons. The molecule has 2 aromatic carbocycles. The minimum Gasteiger partial charge on any atom is -0.460 e. The monoisotopic (exact) mass is 437 g/mol. The summed E-state index contributed by atoms with van der Waals surface area (Å²) in [5, 5.41) is 0.878. The molecule has 2 aromatic heterocycles. The second kappa shape index (κ2) is 9.43. The molecule has 5 rings (SSSR count). The average molecular weight is 438 g/mol. The molecular formula is C28H27N3O2. The molecule has 0 spiro atoms. The van der Waals surface area contributed by atoms with E-state index in [-0.39, 0.29) is 5.91 Å². The van der Waals surface area contributed by atoms with Gasteiger partial charge < -0.3 is 9.32 Å². The maximum absolute atomic E-state index is 13.5. The summed E-state index contributed by atoms with van der Waals surface area (Å²) in [7, 11) is 0. The number of carbonyl (C=O) groups is 1. The summed E-state index contributed by atoms with van der Waals surface area (Å²) in [6, 6.07) is 23.8. The molecule has 0 saturated carbocycles. The predicted octanol–water partition coefficient (Wildman–Crippen LogP) is 5.27. The zero-order valence-corrected chi connectivity index (χ0v) is 18.8. The van der Waals surface area contributed by atoms with Gasteiger partial charge in [0.05, 0.1) is 11.1 Å². The van der Waals surface area contributed by atoms with Crippen LogP contribution < -0.4 is 0 Å². The Kier molecular flexibility index (Phi) is 6.05. The van der Waals surface area contributed by atoms with Crippen LogP contribution in [0.1, 0.15) is 21.7 Å². The Hall–Kier alpha value is -3.70. The molecule has 1 aliphatic heterocycles. The standard InChI is InChI=1S/C28H27N3O2/c1-21-13-14-27(33-21)26-20-24(23-11-5-6-12-25(23)29-26)28(32)31-18-16-30(17-19-31)15-7-10-22-8-3-2-4-9-22/h2-14,20H,15-19H2,1H3. The van der Waals surface area contributed by atoms with E-state index >= 15 is 0 Å². The molecule has 4 aromatic rings. The topological polar surface area (TPSA) is 49.6 Å². The highest BCUT2D eigenvalue weighted by molar-refractivity contribution is 6.07. The number of aromatic nitrogens is 1. The molecule has 0 aliphatic carbocycles. The minimum atomic E-state index is 0.0533. The fraction of sp³-hybridized carbons (Fsp3) is 0.214. The SMILES string of the molecule is Cc1ccc(-c2cc(C(=O)N3CCN(CC=Cc4ccccc4)CC3)c3ccccc3n2)o1. The van der Waals surface area contributed by atoms with Crippen molar-refractivity contribution in [3.8, 4) is 11.5 Å². The number of pyridine rings is 1. The fourth-order valence-corrected chi connectivity index (χ4v) is 4.26. The van der Waals surface area contributed by atoms with Gasteiger partial charge in [-0.25, -0.2) is 4.98 Å². The summed E-state index contributed by atoms with van der Waals surface area (Å²) in [5.41, 5.74) is 3.38. The van der Waals surface area contributed by atoms with E-state index in [9.17, 15) is 4.79 Å². The van der Waals surface area contributed by atoms with Crippen LogP contribution in [0.25, 0.3) is 28.4 Å². The van der Waals surface area contributed by atoms with Gasteiger partial charge in [-0.15, -0.1) is 0 Å². The van der Waals surface area contributed by atoms with Gasteiger partial charge in [0.2, 0.25) is 0 Å². The van der Waals surface area contributed by atoms with E-state index in [0.717, 1.165) is 36.3 Å². The highest BCUT2D eigenvalue weighted by Gasteiger charge is 2.24. The van der Waals surface area contributed by atoms with Crippen LogP contribution in [0.15, 0.2) is 83.3 Å². The van der Waals surface area contributed by atoms with Crippen LogP contribution in [0.2, 0.25) is 0 Å². The Morgan fingerprint density at radius 3 is 2.48 bits per heavy atom. The molecule has 5 heteroatoms. The summed E-state index contributed by atoms with van der Waals surface area (Å²) in [6.45, 7) is 5.94. The predicted molar refractivity (Wildman–Crippen MR) is 132 cm³/mol. The number of carbonyl (C=O) groups excluding carboxylic acids is 1. The molecule has 1 saturated heterocycles. The van der Waals surface area contributed by atoms with Crippen molar-refractivity contribution in [3.05, 3.63) is 95.8 Å². The lowest BCUT2D eigenvalue weighted by molar-refractivity contribution is 0.0652. The molecular weight excluding hydrogens is 410 g/mol. The van der Waals surface area contributed by atoms with Gasteiger partial charge in [0.1, 0.15) is 11.5 Å². The normalized spacial score (nSPS) is 14.9. The molecule has 0 bridgehead atoms. The van der Waals surface area contributed by atoms with Crippen molar-refractivity contribution in [1.29, 1.82) is 0 Å². The maximum atomic E-state index is 13.5. The van der Waals surface area contributed by atoms with Crippen molar-refractivity contribution in [3.63, 3.8) is 0 Å². The minimum absolute atomic E-state index is 0.0533. The van der Waals surface area contributed by atoms with E-state index in [1.807, 2.05) is 72.5 Å². The zero-order chi connectivity index (χ0) is 22.6. The second-order valence-corrected chi connectivity index (χ2v) is 8.39. The molecule has 3 heterocycles. The van der Waals surface area contributed by atoms with Crippen molar-refractivity contribution in [2.24, 2.45) is 0 Å². The average Bonchev–Trinajstić information content (AvgIpc) is 3.30. The summed E-state index contributed by atoms with van der Waals surface area (Å²) < 4.78 is 5.78. The third kappa shape index (κ3) is 4.73. The number of nitrogens with zero attached hydrogens (tertiary/aromatic N) is 3. The van der Waals surface area contributed by atoms with E-state index in [4.69, 9.17) is 9.40 Å². The number of para-hydroxylation sites is 1. The van der Waals surface area contributed by atoms with Crippen LogP contribution in [0, 0.1) is 6.92 Å². The van der Waals surface area contributed by atoms with Gasteiger partial charge in [-0.1, -0.05) is 60.7 Å². The van der Waals surface area contributed by atoms with E-state index < -0.39 is 0 Å². The molecule has 0 atom stereocenters. The van der Waals surface area contributed by atoms with Gasteiger partial charge >= 0.3 is 0 Å². The van der Waals surface area contributed by atoms with E-state index in [2.05, 4.69) is 29.2 Å². The van der Waals surface area contributed by atoms with Gasteiger partial charge in [0.15, 0.2) is 5.76 Å². The molecule has 33 heavy (non-hydrogen) atoms. The molecule has 166 valence electrons. The Labute approximate surface area is 194 Å². The van der Waals surface area contributed by atoms with E-state index in [0.29, 0.717) is 30.1 Å². The number of rotatable bonds is 5. The first-order valence-electron chi connectivity index (χ1n) is 11.4. The maximum Gasteiger partial charge on any atom is 0.254 e. The first kappa shape index (κ1) is 21.2. The molecule has 1 fully saturated rings. The third-order valence-electron chi connectivity index (χ3n) is 6.07. The summed E-state index contributed by atoms with van der Waals surface area (Å²) in [4.78, 5) is 22.6. The Morgan fingerprint density at radius 1 is 0.970 bits per heavy atom. The van der Waals surface area contributed by atoms with Gasteiger partial charge in [0.25, 0.3) is 5.91 Å². The Bertz CT molecular complexity index is 1290. The third-order valence-corrected chi connectivity index (χ3v) is 6.07. The first-order chi connectivity index (χ1) is 16.2. The van der Waals surface area contributed by atoms with Crippen molar-refractivity contribution in [1.82, 2.24) is 14.8 Å². The van der Waals surface area contributed by atoms with Crippen molar-refractivity contribution in [2.45, 2.75) is 6.92 Å². The Balaban J connectivity index is 1.31. The van der Waals surface area contributed by atoms with Crippen LogP contribution in [0.5, 0.6) is 0 Å². The molecule has 0 unspecified atom stereocenters. The van der Waals surface area contributed by atoms with Crippen molar-refractivity contribution in [2.75, 3.05) is 32.7 Å². The molecule has 1 amide bonds. The zero-order valence-electron chi connectivity index (χ0n) is 18.8. The number of benzene rings is 2. The van der Waals surface area contributed by atoms with E-state index in [1.165, 1.54) is 5.56 Å². The number of piperazine rings is 1. The summed E-state index contributed by atoms with van der Waals surface area (Å²) in [6.07, 6.45) is 4.35. The fourth-order valence-electron chi connectivity index (χ4n) is 4.26. The lowest BCUT2D eigenvalue weighted by Crippen LogP contribution is -2.48. The van der Waals surface area contributed by atoms with Crippen LogP contribution in [0.4, 0.5) is 0 Å². The summed E-state index contributed by atoms with van der Waals surface area (Å²) >= 11 is 0. The van der Waals surface area contributed by atoms with Crippen LogP contribution in [0.3, 0.4) is 0 Å². The largest absolute Gasteiger partial charge is 0.460 e. The van der Waals surface area contributed by atoms with Gasteiger partial charge in [-0.2, -0.15) is 0 Å². The van der Waals surface area contributed by atoms with E-state index in [1.54, 1.807) is 0 Å². The lowest BCUT2D eigenvalue weighted by atomic mass is 10.0. The highest BCUT2D eigenvalue weighted by Crippen LogP contribution is 2.27. The second-order valence-electron chi connectivity index (χ2n) is 8.39. The number of hydrogen-bond donors (Lipinski definition) is 0. The van der Waals surface area contributed by atoms with Gasteiger partial charge in [-0.05, 0) is 36.8 Å². The van der Waals surface area contributed by atoms with Crippen molar-refractivity contribution >= 4 is 22.9 Å². The van der Waals surface area contributed by atoms with Crippen LogP contribution in [-0.4, -0.2) is 53.4 Å². The number of amides is 1. The van der Waals surface area contributed by atoms with Crippen LogP contribution >= 0.6 is 0 Å². The molecule has 1 aliphatic rings. The first-order valence-corrected chi connectivity index (χ1v) is 11.4. The number of fused-ring (bicyclic) bond motifs is 1. The highest BCUT2D eigenvalue weighted by atomic mass is 16.3. The number of hydrogen-bond acceptors (Lipinski definition) is 4. The number of aryl methyl sites for hydroxylation is 1. The van der Waals surface area contributed by atoms with Crippen molar-refractivity contribution < 1.29 is 9.21 Å². The van der Waals surface area contributed by atoms with Gasteiger partial charge in [-0.3, -0.25) is 9.69 Å². The number of furan rings is 1. The molecule has 0 N–H and O–H groups in total. The summed E-state index contributed by atoms with van der Waals surface area (Å²) in [5.74, 6) is 1.56. The van der Waals surface area contributed by atoms with Gasteiger partial charge in [0, 0.05) is 38.1 Å². The smallest absolute Gasteiger partial charge is 0.254 e. The molecule has 5 nitrogen and oxygen atoms in total. The van der Waals surface area contributed by atoms with Crippen LogP contribution in [-0.2, 0) is 0 Å².